The maximum Gasteiger partial charge on any atom is 0.280 e. The average molecular weight is 417 g/mol. The molecular formula is C20H20FN3O4S. The molecule has 4 rings (SSSR count). The number of carbonyl (C=O) groups is 2. The van der Waals surface area contributed by atoms with Crippen LogP contribution in [-0.4, -0.2) is 47.5 Å². The molecule has 0 spiro atoms. The van der Waals surface area contributed by atoms with Crippen LogP contribution in [0, 0.1) is 11.7 Å². The van der Waals surface area contributed by atoms with E-state index in [9.17, 15) is 22.4 Å². The van der Waals surface area contributed by atoms with Gasteiger partial charge in [0.05, 0.1) is 17.0 Å². The van der Waals surface area contributed by atoms with Gasteiger partial charge in [0.15, 0.2) is 0 Å². The molecule has 1 fully saturated rings. The summed E-state index contributed by atoms with van der Waals surface area (Å²) in [6.45, 7) is 2.42. The predicted molar refractivity (Wildman–Crippen MR) is 102 cm³/mol. The van der Waals surface area contributed by atoms with E-state index in [4.69, 9.17) is 0 Å². The molecule has 1 atom stereocenters. The van der Waals surface area contributed by atoms with E-state index in [1.54, 1.807) is 6.07 Å². The molecule has 1 saturated heterocycles. The zero-order valence-corrected chi connectivity index (χ0v) is 16.7. The molecule has 2 aliphatic heterocycles. The normalized spacial score (nSPS) is 20.2. The first kappa shape index (κ1) is 19.7. The van der Waals surface area contributed by atoms with Crippen LogP contribution in [0.2, 0.25) is 0 Å². The van der Waals surface area contributed by atoms with Crippen LogP contribution in [0.5, 0.6) is 0 Å². The van der Waals surface area contributed by atoms with E-state index in [1.807, 2.05) is 6.92 Å². The molecule has 2 aromatic rings. The Morgan fingerprint density at radius 2 is 2.00 bits per heavy atom. The number of benzene rings is 1. The van der Waals surface area contributed by atoms with E-state index < -0.39 is 27.7 Å². The van der Waals surface area contributed by atoms with Gasteiger partial charge in [-0.25, -0.2) is 12.8 Å². The van der Waals surface area contributed by atoms with Crippen molar-refractivity contribution in [1.29, 1.82) is 0 Å². The number of imide groups is 1. The standard InChI is InChI=1S/C20H20FN3O4S/c1-13-4-3-9-23(11-13)29(27,28)17-10-15(21)7-6-14(17)12-24-19(25)16-5-2-8-22-18(16)20(24)26/h2,5-8,10,13H,3-4,9,11-12H2,1H3. The first-order chi connectivity index (χ1) is 13.8. The van der Waals surface area contributed by atoms with Gasteiger partial charge in [0, 0.05) is 19.3 Å². The molecule has 7 nitrogen and oxygen atoms in total. The number of nitrogens with zero attached hydrogens (tertiary/aromatic N) is 3. The Kier molecular flexibility index (Phi) is 4.95. The molecule has 2 aliphatic rings. The summed E-state index contributed by atoms with van der Waals surface area (Å²) in [6, 6.07) is 6.45. The highest BCUT2D eigenvalue weighted by Crippen LogP contribution is 2.29. The number of amides is 2. The van der Waals surface area contributed by atoms with E-state index in [2.05, 4.69) is 4.98 Å². The van der Waals surface area contributed by atoms with Gasteiger partial charge in [-0.15, -0.1) is 0 Å². The van der Waals surface area contributed by atoms with Crippen LogP contribution in [0.1, 0.15) is 46.2 Å². The maximum absolute atomic E-state index is 14.0. The largest absolute Gasteiger partial charge is 0.280 e. The van der Waals surface area contributed by atoms with E-state index in [1.165, 1.54) is 22.6 Å². The Labute approximate surface area is 168 Å². The first-order valence-electron chi connectivity index (χ1n) is 9.39. The van der Waals surface area contributed by atoms with E-state index in [0.29, 0.717) is 13.1 Å². The lowest BCUT2D eigenvalue weighted by Gasteiger charge is -2.30. The van der Waals surface area contributed by atoms with Gasteiger partial charge >= 0.3 is 0 Å². The minimum absolute atomic E-state index is 0.0360. The van der Waals surface area contributed by atoms with Gasteiger partial charge in [0.2, 0.25) is 10.0 Å². The number of rotatable bonds is 4. The third kappa shape index (κ3) is 3.44. The highest BCUT2D eigenvalue weighted by atomic mass is 32.2. The summed E-state index contributed by atoms with van der Waals surface area (Å²) in [5, 5.41) is 0. The summed E-state index contributed by atoms with van der Waals surface area (Å²) in [5.41, 5.74) is 0.405. The van der Waals surface area contributed by atoms with Crippen molar-refractivity contribution in [1.82, 2.24) is 14.2 Å². The minimum Gasteiger partial charge on any atom is -0.268 e. The van der Waals surface area contributed by atoms with Crippen LogP contribution in [-0.2, 0) is 16.6 Å². The fraction of sp³-hybridized carbons (Fsp3) is 0.350. The van der Waals surface area contributed by atoms with Gasteiger partial charge in [-0.1, -0.05) is 13.0 Å². The van der Waals surface area contributed by atoms with Crippen molar-refractivity contribution >= 4 is 21.8 Å². The second-order valence-corrected chi connectivity index (χ2v) is 9.36. The fourth-order valence-corrected chi connectivity index (χ4v) is 5.65. The number of hydrogen-bond acceptors (Lipinski definition) is 5. The SMILES string of the molecule is CC1CCCN(S(=O)(=O)c2cc(F)ccc2CN2C(=O)c3cccnc3C2=O)C1. The Morgan fingerprint density at radius 3 is 2.72 bits per heavy atom. The zero-order valence-electron chi connectivity index (χ0n) is 15.8. The zero-order chi connectivity index (χ0) is 20.8. The molecule has 9 heteroatoms. The number of carbonyl (C=O) groups excluding carboxylic acids is 2. The third-order valence-electron chi connectivity index (χ3n) is 5.33. The van der Waals surface area contributed by atoms with Gasteiger partial charge < -0.3 is 0 Å². The quantitative estimate of drug-likeness (QED) is 0.713. The fourth-order valence-electron chi connectivity index (χ4n) is 3.83. The maximum atomic E-state index is 14.0. The van der Waals surface area contributed by atoms with Crippen molar-refractivity contribution in [3.8, 4) is 0 Å². The van der Waals surface area contributed by atoms with Crippen molar-refractivity contribution in [3.63, 3.8) is 0 Å². The molecule has 0 N–H and O–H groups in total. The van der Waals surface area contributed by atoms with Crippen molar-refractivity contribution in [2.45, 2.75) is 31.2 Å². The molecule has 3 heterocycles. The summed E-state index contributed by atoms with van der Waals surface area (Å²) in [6.07, 6.45) is 3.08. The minimum atomic E-state index is -3.96. The summed E-state index contributed by atoms with van der Waals surface area (Å²) >= 11 is 0. The Bertz CT molecular complexity index is 1070. The lowest BCUT2D eigenvalue weighted by molar-refractivity contribution is 0.0639. The Hall–Kier alpha value is -2.65. The van der Waals surface area contributed by atoms with Gasteiger partial charge in [-0.2, -0.15) is 4.31 Å². The number of piperidine rings is 1. The van der Waals surface area contributed by atoms with Gasteiger partial charge in [-0.3, -0.25) is 19.5 Å². The molecule has 0 aliphatic carbocycles. The highest BCUT2D eigenvalue weighted by Gasteiger charge is 2.38. The summed E-state index contributed by atoms with van der Waals surface area (Å²) in [7, 11) is -3.96. The molecule has 0 radical (unpaired) electrons. The predicted octanol–water partition coefficient (Wildman–Crippen LogP) is 2.44. The van der Waals surface area contributed by atoms with E-state index in [-0.39, 0.29) is 34.2 Å². The Balaban J connectivity index is 1.70. The summed E-state index contributed by atoms with van der Waals surface area (Å²) in [5.74, 6) is -1.62. The Morgan fingerprint density at radius 1 is 1.21 bits per heavy atom. The van der Waals surface area contributed by atoms with Gasteiger partial charge in [0.25, 0.3) is 11.8 Å². The van der Waals surface area contributed by atoms with E-state index >= 15 is 0 Å². The van der Waals surface area contributed by atoms with Crippen molar-refractivity contribution < 1.29 is 22.4 Å². The monoisotopic (exact) mass is 417 g/mol. The number of pyridine rings is 1. The highest BCUT2D eigenvalue weighted by molar-refractivity contribution is 7.89. The third-order valence-corrected chi connectivity index (χ3v) is 7.27. The number of fused-ring (bicyclic) bond motifs is 1. The molecule has 1 aromatic carbocycles. The number of halogens is 1. The molecule has 2 amide bonds. The lowest BCUT2D eigenvalue weighted by Crippen LogP contribution is -2.40. The summed E-state index contributed by atoms with van der Waals surface area (Å²) in [4.78, 5) is 29.9. The molecule has 29 heavy (non-hydrogen) atoms. The first-order valence-corrected chi connectivity index (χ1v) is 10.8. The lowest BCUT2D eigenvalue weighted by atomic mass is 10.0. The number of aromatic nitrogens is 1. The van der Waals surface area contributed by atoms with Crippen molar-refractivity contribution in [2.75, 3.05) is 13.1 Å². The molecule has 1 unspecified atom stereocenters. The van der Waals surface area contributed by atoms with Gasteiger partial charge in [-0.05, 0) is 48.6 Å². The molecule has 152 valence electrons. The smallest absolute Gasteiger partial charge is 0.268 e. The number of sulfonamides is 1. The molecule has 0 bridgehead atoms. The van der Waals surface area contributed by atoms with Crippen LogP contribution in [0.15, 0.2) is 41.4 Å². The van der Waals surface area contributed by atoms with Crippen molar-refractivity contribution in [2.24, 2.45) is 5.92 Å². The average Bonchev–Trinajstić information content (AvgIpc) is 2.94. The molecule has 1 aromatic heterocycles. The van der Waals surface area contributed by atoms with Crippen LogP contribution >= 0.6 is 0 Å². The van der Waals surface area contributed by atoms with Crippen LogP contribution in [0.4, 0.5) is 4.39 Å². The topological polar surface area (TPSA) is 87.7 Å². The number of hydrogen-bond donors (Lipinski definition) is 0. The van der Waals surface area contributed by atoms with Crippen LogP contribution < -0.4 is 0 Å². The van der Waals surface area contributed by atoms with Crippen LogP contribution in [0.3, 0.4) is 0 Å². The van der Waals surface area contributed by atoms with Gasteiger partial charge in [0.1, 0.15) is 11.5 Å². The second kappa shape index (κ2) is 7.31. The molecule has 0 saturated carbocycles. The van der Waals surface area contributed by atoms with Crippen molar-refractivity contribution in [3.05, 3.63) is 59.2 Å². The summed E-state index contributed by atoms with van der Waals surface area (Å²) < 4.78 is 41.8. The van der Waals surface area contributed by atoms with E-state index in [0.717, 1.165) is 29.9 Å². The second-order valence-electron chi connectivity index (χ2n) is 7.46. The van der Waals surface area contributed by atoms with Crippen LogP contribution in [0.25, 0.3) is 0 Å². The molecular weight excluding hydrogens is 397 g/mol.